The number of allylic oxidation sites excluding steroid dienone is 2. The van der Waals surface area contributed by atoms with Gasteiger partial charge in [0.15, 0.2) is 0 Å². The van der Waals surface area contributed by atoms with E-state index in [-0.39, 0.29) is 5.37 Å². The summed E-state index contributed by atoms with van der Waals surface area (Å²) in [7, 11) is 0. The van der Waals surface area contributed by atoms with Crippen molar-refractivity contribution in [2.75, 3.05) is 0 Å². The maximum Gasteiger partial charge on any atom is 0.0659 e. The minimum Gasteiger partial charge on any atom is -0.379 e. The van der Waals surface area contributed by atoms with Crippen LogP contribution in [-0.2, 0) is 0 Å². The first-order valence-electron chi connectivity index (χ1n) is 3.31. The van der Waals surface area contributed by atoms with E-state index in [1.54, 1.807) is 0 Å². The van der Waals surface area contributed by atoms with Crippen molar-refractivity contribution >= 4 is 12.6 Å². The predicted octanol–water partition coefficient (Wildman–Crippen LogP) is 2.33. The van der Waals surface area contributed by atoms with E-state index < -0.39 is 0 Å². The third-order valence-corrected chi connectivity index (χ3v) is 1.36. The van der Waals surface area contributed by atoms with Crippen molar-refractivity contribution < 1.29 is 0 Å². The number of hydrogen-bond donors (Lipinski definition) is 2. The van der Waals surface area contributed by atoms with Gasteiger partial charge in [0.2, 0.25) is 0 Å². The van der Waals surface area contributed by atoms with Gasteiger partial charge < -0.3 is 5.32 Å². The lowest BCUT2D eigenvalue weighted by molar-refractivity contribution is 0.854. The molecule has 0 rings (SSSR count). The molecule has 0 spiro atoms. The molecule has 0 bridgehead atoms. The number of nitrogens with one attached hydrogen (secondary N) is 1. The Morgan fingerprint density at radius 2 is 2.10 bits per heavy atom. The van der Waals surface area contributed by atoms with Gasteiger partial charge in [-0.25, -0.2) is 0 Å². The van der Waals surface area contributed by atoms with Gasteiger partial charge in [-0.3, -0.25) is 0 Å². The summed E-state index contributed by atoms with van der Waals surface area (Å²) >= 11 is 4.16. The molecule has 1 nitrogen and oxygen atoms in total. The minimum atomic E-state index is 0.203. The van der Waals surface area contributed by atoms with Crippen molar-refractivity contribution in [3.63, 3.8) is 0 Å². The van der Waals surface area contributed by atoms with E-state index in [4.69, 9.17) is 0 Å². The summed E-state index contributed by atoms with van der Waals surface area (Å²) in [5.74, 6) is 0. The average molecular weight is 157 g/mol. The highest BCUT2D eigenvalue weighted by Crippen LogP contribution is 2.03. The molecule has 0 radical (unpaired) electrons. The van der Waals surface area contributed by atoms with Gasteiger partial charge in [-0.15, -0.1) is 0 Å². The van der Waals surface area contributed by atoms with Crippen molar-refractivity contribution in [1.82, 2.24) is 5.32 Å². The lowest BCUT2D eigenvalue weighted by atomic mass is 10.2. The second-order valence-electron chi connectivity index (χ2n) is 2.45. The highest BCUT2D eigenvalue weighted by Gasteiger charge is 1.89. The normalized spacial score (nSPS) is 14.6. The summed E-state index contributed by atoms with van der Waals surface area (Å²) in [6.07, 6.45) is 1.93. The SMILES string of the molecule is C=C(C)/C(C)=C/NC(C)S. The Hall–Kier alpha value is -0.370. The van der Waals surface area contributed by atoms with E-state index in [0.717, 1.165) is 5.57 Å². The van der Waals surface area contributed by atoms with Gasteiger partial charge >= 0.3 is 0 Å². The molecule has 10 heavy (non-hydrogen) atoms. The second-order valence-corrected chi connectivity index (χ2v) is 3.22. The Balaban J connectivity index is 3.81. The van der Waals surface area contributed by atoms with Crippen molar-refractivity contribution in [1.29, 1.82) is 0 Å². The number of thiol groups is 1. The van der Waals surface area contributed by atoms with E-state index in [9.17, 15) is 0 Å². The summed E-state index contributed by atoms with van der Waals surface area (Å²) in [5, 5.41) is 3.27. The van der Waals surface area contributed by atoms with Crippen LogP contribution in [0.1, 0.15) is 20.8 Å². The van der Waals surface area contributed by atoms with Crippen molar-refractivity contribution in [2.24, 2.45) is 0 Å². The largest absolute Gasteiger partial charge is 0.379 e. The molecule has 0 fully saturated rings. The number of rotatable bonds is 3. The molecule has 0 saturated heterocycles. The maximum atomic E-state index is 4.16. The molecule has 0 aliphatic rings. The molecule has 58 valence electrons. The molecule has 0 saturated carbocycles. The first kappa shape index (κ1) is 9.63. The Morgan fingerprint density at radius 3 is 2.40 bits per heavy atom. The molecule has 1 atom stereocenters. The van der Waals surface area contributed by atoms with Crippen LogP contribution < -0.4 is 5.32 Å². The van der Waals surface area contributed by atoms with E-state index in [0.29, 0.717) is 0 Å². The monoisotopic (exact) mass is 157 g/mol. The van der Waals surface area contributed by atoms with Crippen LogP contribution in [-0.4, -0.2) is 5.37 Å². The molecule has 0 aromatic heterocycles. The molecule has 0 aromatic carbocycles. The fraction of sp³-hybridized carbons (Fsp3) is 0.500. The lowest BCUT2D eigenvalue weighted by Crippen LogP contribution is -2.13. The molecule has 0 heterocycles. The minimum absolute atomic E-state index is 0.203. The third kappa shape index (κ3) is 4.50. The van der Waals surface area contributed by atoms with E-state index in [1.807, 2.05) is 27.0 Å². The van der Waals surface area contributed by atoms with Gasteiger partial charge in [-0.2, -0.15) is 12.6 Å². The molecular formula is C8H15NS. The molecule has 1 N–H and O–H groups in total. The van der Waals surface area contributed by atoms with Gasteiger partial charge in [0.05, 0.1) is 5.37 Å². The van der Waals surface area contributed by atoms with E-state index in [1.165, 1.54) is 5.57 Å². The fourth-order valence-corrected chi connectivity index (χ4v) is 0.443. The van der Waals surface area contributed by atoms with E-state index >= 15 is 0 Å². The van der Waals surface area contributed by atoms with Crippen molar-refractivity contribution in [3.8, 4) is 0 Å². The smallest absolute Gasteiger partial charge is 0.0659 e. The van der Waals surface area contributed by atoms with Gasteiger partial charge in [-0.1, -0.05) is 12.2 Å². The maximum absolute atomic E-state index is 4.16. The quantitative estimate of drug-likeness (QED) is 0.364. The van der Waals surface area contributed by atoms with Crippen LogP contribution in [0.2, 0.25) is 0 Å². The molecule has 0 aliphatic heterocycles. The first-order valence-corrected chi connectivity index (χ1v) is 3.82. The molecule has 0 aromatic rings. The highest BCUT2D eigenvalue weighted by molar-refractivity contribution is 7.80. The topological polar surface area (TPSA) is 12.0 Å². The Labute approximate surface area is 68.6 Å². The third-order valence-electron chi connectivity index (χ3n) is 1.21. The summed E-state index contributed by atoms with van der Waals surface area (Å²) < 4.78 is 0. The lowest BCUT2D eigenvalue weighted by Gasteiger charge is -2.05. The zero-order valence-electron chi connectivity index (χ0n) is 6.81. The predicted molar refractivity (Wildman–Crippen MR) is 50.2 cm³/mol. The van der Waals surface area contributed by atoms with Crippen LogP contribution in [0.4, 0.5) is 0 Å². The molecule has 2 heteroatoms. The van der Waals surface area contributed by atoms with Gasteiger partial charge in [0, 0.05) is 6.20 Å². The molecule has 0 aliphatic carbocycles. The van der Waals surface area contributed by atoms with Gasteiger partial charge in [-0.05, 0) is 26.3 Å². The van der Waals surface area contributed by atoms with Crippen LogP contribution in [0.5, 0.6) is 0 Å². The van der Waals surface area contributed by atoms with Gasteiger partial charge in [0.1, 0.15) is 0 Å². The van der Waals surface area contributed by atoms with Gasteiger partial charge in [0.25, 0.3) is 0 Å². The first-order chi connectivity index (χ1) is 4.54. The number of hydrogen-bond acceptors (Lipinski definition) is 2. The highest BCUT2D eigenvalue weighted by atomic mass is 32.1. The van der Waals surface area contributed by atoms with Crippen LogP contribution in [0, 0.1) is 0 Å². The summed E-state index contributed by atoms with van der Waals surface area (Å²) in [5.41, 5.74) is 2.25. The zero-order chi connectivity index (χ0) is 8.15. The molecule has 0 amide bonds. The Kier molecular flexibility index (Phi) is 4.28. The summed E-state index contributed by atoms with van der Waals surface area (Å²) in [6, 6.07) is 0. The standard InChI is InChI=1S/C8H15NS/c1-6(2)7(3)5-9-8(4)10/h5,8-10H,1H2,2-4H3/b7-5+. The van der Waals surface area contributed by atoms with Crippen LogP contribution in [0.3, 0.4) is 0 Å². The Morgan fingerprint density at radius 1 is 1.60 bits per heavy atom. The van der Waals surface area contributed by atoms with Crippen molar-refractivity contribution in [2.45, 2.75) is 26.1 Å². The molecular weight excluding hydrogens is 142 g/mol. The zero-order valence-corrected chi connectivity index (χ0v) is 7.70. The summed E-state index contributed by atoms with van der Waals surface area (Å²) in [6.45, 7) is 9.78. The van der Waals surface area contributed by atoms with Crippen LogP contribution in [0.25, 0.3) is 0 Å². The van der Waals surface area contributed by atoms with E-state index in [2.05, 4.69) is 24.5 Å². The van der Waals surface area contributed by atoms with Crippen molar-refractivity contribution in [3.05, 3.63) is 23.9 Å². The Bertz CT molecular complexity index is 147. The second kappa shape index (κ2) is 4.45. The summed E-state index contributed by atoms with van der Waals surface area (Å²) in [4.78, 5) is 0. The van der Waals surface area contributed by atoms with Crippen LogP contribution in [0.15, 0.2) is 23.9 Å². The average Bonchev–Trinajstić information content (AvgIpc) is 1.82. The molecule has 1 unspecified atom stereocenters. The van der Waals surface area contributed by atoms with Crippen LogP contribution >= 0.6 is 12.6 Å². The fourth-order valence-electron chi connectivity index (χ4n) is 0.369.